The Morgan fingerprint density at radius 2 is 1.41 bits per heavy atom. The minimum atomic E-state index is -1.25. The van der Waals surface area contributed by atoms with Crippen molar-refractivity contribution in [2.75, 3.05) is 19.8 Å². The van der Waals surface area contributed by atoms with E-state index in [0.29, 0.717) is 36.7 Å². The van der Waals surface area contributed by atoms with Gasteiger partial charge in [-0.1, -0.05) is 34.1 Å². The topological polar surface area (TPSA) is 133 Å². The Morgan fingerprint density at radius 3 is 2.07 bits per heavy atom. The SMILES string of the molecule is CC(=O)OC[C@H]1O[C@@H](c2ccc(Br)c(Cc3ccc4c(c3)OCCO4)c2)[C@H](OC(C)=O)[C@@H](OC(C)=O)[C@@H]1OC(C)=O. The number of carbonyl (C=O) groups excluding carboxylic acids is 4. The largest absolute Gasteiger partial charge is 0.486 e. The lowest BCUT2D eigenvalue weighted by molar-refractivity contribution is -0.254. The van der Waals surface area contributed by atoms with E-state index in [0.717, 1.165) is 15.6 Å². The van der Waals surface area contributed by atoms with Gasteiger partial charge in [-0.25, -0.2) is 0 Å². The molecule has 1 fully saturated rings. The average molecular weight is 635 g/mol. The third-order valence-electron chi connectivity index (χ3n) is 6.39. The summed E-state index contributed by atoms with van der Waals surface area (Å²) < 4.78 is 40.3. The number of halogens is 1. The van der Waals surface area contributed by atoms with E-state index in [1.54, 1.807) is 6.07 Å². The highest BCUT2D eigenvalue weighted by Crippen LogP contribution is 2.39. The van der Waals surface area contributed by atoms with E-state index in [9.17, 15) is 19.2 Å². The summed E-state index contributed by atoms with van der Waals surface area (Å²) in [5.41, 5.74) is 2.44. The summed E-state index contributed by atoms with van der Waals surface area (Å²) in [7, 11) is 0. The van der Waals surface area contributed by atoms with Crippen LogP contribution in [0.3, 0.4) is 0 Å². The number of hydrogen-bond donors (Lipinski definition) is 0. The highest BCUT2D eigenvalue weighted by molar-refractivity contribution is 9.10. The zero-order valence-corrected chi connectivity index (χ0v) is 24.6. The molecule has 41 heavy (non-hydrogen) atoms. The molecule has 0 spiro atoms. The first-order valence-electron chi connectivity index (χ1n) is 13.0. The lowest BCUT2D eigenvalue weighted by Crippen LogP contribution is -2.59. The van der Waals surface area contributed by atoms with Crippen molar-refractivity contribution in [1.29, 1.82) is 0 Å². The van der Waals surface area contributed by atoms with E-state index in [4.69, 9.17) is 33.2 Å². The van der Waals surface area contributed by atoms with Crippen molar-refractivity contribution in [1.82, 2.24) is 0 Å². The van der Waals surface area contributed by atoms with E-state index in [2.05, 4.69) is 15.9 Å². The lowest BCUT2D eigenvalue weighted by Gasteiger charge is -2.44. The molecule has 0 amide bonds. The predicted octanol–water partition coefficient (Wildman–Crippen LogP) is 3.61. The van der Waals surface area contributed by atoms with Crippen molar-refractivity contribution in [2.45, 2.75) is 64.6 Å². The standard InChI is InChI=1S/C29H31BrO11/c1-15(31)37-14-25-27(38-16(2)32)29(40-18(4)34)28(39-17(3)33)26(41-25)20-6-7-22(30)21(13-20)11-19-5-8-23-24(12-19)36-10-9-35-23/h5-8,12-13,25-29H,9-11,14H2,1-4H3/t25-,26+,27-,28+,29+/m1/s1. The number of esters is 4. The van der Waals surface area contributed by atoms with E-state index >= 15 is 0 Å². The number of rotatable bonds is 8. The highest BCUT2D eigenvalue weighted by atomic mass is 79.9. The fourth-order valence-corrected chi connectivity index (χ4v) is 5.21. The molecule has 4 rings (SSSR count). The van der Waals surface area contributed by atoms with Gasteiger partial charge in [0.25, 0.3) is 0 Å². The van der Waals surface area contributed by atoms with Gasteiger partial charge in [0, 0.05) is 32.2 Å². The van der Waals surface area contributed by atoms with Gasteiger partial charge in [-0.3, -0.25) is 19.2 Å². The van der Waals surface area contributed by atoms with Crippen LogP contribution in [0.1, 0.15) is 50.5 Å². The van der Waals surface area contributed by atoms with E-state index in [1.165, 1.54) is 27.7 Å². The molecule has 2 aliphatic rings. The van der Waals surface area contributed by atoms with Gasteiger partial charge in [0.2, 0.25) is 0 Å². The maximum absolute atomic E-state index is 12.2. The normalized spacial score (nSPS) is 23.2. The predicted molar refractivity (Wildman–Crippen MR) is 145 cm³/mol. The molecule has 0 bridgehead atoms. The smallest absolute Gasteiger partial charge is 0.303 e. The van der Waals surface area contributed by atoms with Crippen LogP contribution in [0.15, 0.2) is 40.9 Å². The zero-order valence-electron chi connectivity index (χ0n) is 23.0. The molecular weight excluding hydrogens is 604 g/mol. The number of benzene rings is 2. The summed E-state index contributed by atoms with van der Waals surface area (Å²) >= 11 is 3.61. The third kappa shape index (κ3) is 7.76. The fraction of sp³-hybridized carbons (Fsp3) is 0.448. The second kappa shape index (κ2) is 13.3. The lowest BCUT2D eigenvalue weighted by atomic mass is 9.89. The van der Waals surface area contributed by atoms with Gasteiger partial charge in [0.1, 0.15) is 32.0 Å². The summed E-state index contributed by atoms with van der Waals surface area (Å²) in [6.45, 7) is 5.48. The molecule has 0 N–H and O–H groups in total. The van der Waals surface area contributed by atoms with Gasteiger partial charge >= 0.3 is 23.9 Å². The molecule has 0 aromatic heterocycles. The van der Waals surface area contributed by atoms with Crippen LogP contribution in [0.2, 0.25) is 0 Å². The molecule has 0 radical (unpaired) electrons. The van der Waals surface area contributed by atoms with Crippen LogP contribution >= 0.6 is 15.9 Å². The van der Waals surface area contributed by atoms with Crippen LogP contribution in [0.5, 0.6) is 11.5 Å². The Labute approximate surface area is 245 Å². The summed E-state index contributed by atoms with van der Waals surface area (Å²) in [6.07, 6.45) is -5.14. The highest BCUT2D eigenvalue weighted by Gasteiger charge is 2.52. The molecule has 5 atom stereocenters. The Morgan fingerprint density at radius 1 is 0.780 bits per heavy atom. The molecule has 2 aromatic rings. The molecule has 2 aromatic carbocycles. The van der Waals surface area contributed by atoms with Crippen molar-refractivity contribution in [3.8, 4) is 11.5 Å². The molecule has 0 aliphatic carbocycles. The first-order valence-corrected chi connectivity index (χ1v) is 13.8. The van der Waals surface area contributed by atoms with Crippen LogP contribution in [0.4, 0.5) is 0 Å². The van der Waals surface area contributed by atoms with Crippen molar-refractivity contribution in [2.24, 2.45) is 0 Å². The summed E-state index contributed by atoms with van der Waals surface area (Å²) in [4.78, 5) is 48.0. The Hall–Kier alpha value is -3.64. The minimum absolute atomic E-state index is 0.297. The second-order valence-corrected chi connectivity index (χ2v) is 10.5. The monoisotopic (exact) mass is 634 g/mol. The Balaban J connectivity index is 1.72. The van der Waals surface area contributed by atoms with Gasteiger partial charge < -0.3 is 33.2 Å². The van der Waals surface area contributed by atoms with Crippen molar-refractivity contribution in [3.05, 3.63) is 57.6 Å². The quantitative estimate of drug-likeness (QED) is 0.311. The molecule has 0 unspecified atom stereocenters. The van der Waals surface area contributed by atoms with Gasteiger partial charge in [-0.15, -0.1) is 0 Å². The van der Waals surface area contributed by atoms with E-state index in [-0.39, 0.29) is 6.61 Å². The first-order chi connectivity index (χ1) is 19.5. The number of carbonyl (C=O) groups is 4. The number of ether oxygens (including phenoxy) is 7. The van der Waals surface area contributed by atoms with Gasteiger partial charge in [0.15, 0.2) is 29.8 Å². The van der Waals surface area contributed by atoms with E-state index in [1.807, 2.05) is 30.3 Å². The molecule has 1 saturated heterocycles. The first kappa shape index (κ1) is 30.3. The zero-order chi connectivity index (χ0) is 29.7. The Bertz CT molecular complexity index is 1310. The molecule has 2 heterocycles. The minimum Gasteiger partial charge on any atom is -0.486 e. The summed E-state index contributed by atoms with van der Waals surface area (Å²) in [5.74, 6) is -1.26. The maximum Gasteiger partial charge on any atom is 0.303 e. The van der Waals surface area contributed by atoms with Crippen LogP contribution in [-0.2, 0) is 49.3 Å². The van der Waals surface area contributed by atoms with Gasteiger partial charge in [0.05, 0.1) is 0 Å². The molecule has 12 heteroatoms. The molecule has 2 aliphatic heterocycles. The van der Waals surface area contributed by atoms with Crippen molar-refractivity contribution >= 4 is 39.8 Å². The molecule has 0 saturated carbocycles. The van der Waals surface area contributed by atoms with Crippen molar-refractivity contribution in [3.63, 3.8) is 0 Å². The van der Waals surface area contributed by atoms with Gasteiger partial charge in [-0.2, -0.15) is 0 Å². The van der Waals surface area contributed by atoms with Gasteiger partial charge in [-0.05, 0) is 41.3 Å². The maximum atomic E-state index is 12.2. The molecular formula is C29H31BrO11. The second-order valence-electron chi connectivity index (χ2n) is 9.63. The molecule has 220 valence electrons. The van der Waals surface area contributed by atoms with Crippen molar-refractivity contribution < 1.29 is 52.3 Å². The number of fused-ring (bicyclic) bond motifs is 1. The Kier molecular flexibility index (Phi) is 9.87. The van der Waals surface area contributed by atoms with Crippen LogP contribution in [0, 0.1) is 0 Å². The summed E-state index contributed by atoms with van der Waals surface area (Å²) in [6, 6.07) is 11.2. The number of hydrogen-bond acceptors (Lipinski definition) is 11. The van der Waals surface area contributed by atoms with E-state index < -0.39 is 54.4 Å². The fourth-order valence-electron chi connectivity index (χ4n) is 4.82. The van der Waals surface area contributed by atoms with Crippen LogP contribution < -0.4 is 9.47 Å². The third-order valence-corrected chi connectivity index (χ3v) is 7.16. The van der Waals surface area contributed by atoms with Crippen LogP contribution in [-0.4, -0.2) is 68.1 Å². The van der Waals surface area contributed by atoms with Crippen LogP contribution in [0.25, 0.3) is 0 Å². The summed E-state index contributed by atoms with van der Waals surface area (Å²) in [5, 5.41) is 0. The molecule has 11 nitrogen and oxygen atoms in total. The average Bonchev–Trinajstić information content (AvgIpc) is 2.90.